The third-order valence-electron chi connectivity index (χ3n) is 2.79. The second-order valence-electron chi connectivity index (χ2n) is 4.18. The Balaban J connectivity index is 2.18. The van der Waals surface area contributed by atoms with Crippen LogP contribution < -0.4 is 10.5 Å². The summed E-state index contributed by atoms with van der Waals surface area (Å²) in [5.74, 6) is 0.774. The fourth-order valence-electron chi connectivity index (χ4n) is 1.73. The molecule has 0 amide bonds. The van der Waals surface area contributed by atoms with E-state index in [9.17, 15) is 0 Å². The van der Waals surface area contributed by atoms with Crippen molar-refractivity contribution in [2.45, 2.75) is 13.0 Å². The molecule has 1 atom stereocenters. The van der Waals surface area contributed by atoms with Crippen molar-refractivity contribution in [3.63, 3.8) is 0 Å². The molecule has 0 saturated carbocycles. The highest BCUT2D eigenvalue weighted by Crippen LogP contribution is 2.30. The monoisotopic (exact) mass is 335 g/mol. The van der Waals surface area contributed by atoms with Crippen LogP contribution in [0.4, 0.5) is 0 Å². The molecule has 4 heteroatoms. The standard InChI is InChI=1S/C15H14BrNOS/c1-10(11-5-3-2-4-6-11)18-14-8-7-12(15(17)19)9-13(14)16/h2-10H,1H3,(H2,17,19). The second-order valence-corrected chi connectivity index (χ2v) is 5.47. The highest BCUT2D eigenvalue weighted by molar-refractivity contribution is 9.10. The van der Waals surface area contributed by atoms with Crippen LogP contribution >= 0.6 is 28.1 Å². The molecule has 2 rings (SSSR count). The molecule has 0 aromatic heterocycles. The predicted molar refractivity (Wildman–Crippen MR) is 85.5 cm³/mol. The van der Waals surface area contributed by atoms with E-state index in [2.05, 4.69) is 15.9 Å². The molecular weight excluding hydrogens is 322 g/mol. The molecule has 0 radical (unpaired) electrons. The Morgan fingerprint density at radius 1 is 1.21 bits per heavy atom. The molecule has 0 aliphatic carbocycles. The summed E-state index contributed by atoms with van der Waals surface area (Å²) >= 11 is 8.42. The zero-order valence-electron chi connectivity index (χ0n) is 10.5. The van der Waals surface area contributed by atoms with Crippen molar-refractivity contribution in [1.82, 2.24) is 0 Å². The topological polar surface area (TPSA) is 35.2 Å². The van der Waals surface area contributed by atoms with Crippen LogP contribution in [0.5, 0.6) is 5.75 Å². The van der Waals surface area contributed by atoms with Gasteiger partial charge in [0.15, 0.2) is 0 Å². The van der Waals surface area contributed by atoms with Gasteiger partial charge < -0.3 is 10.5 Å². The first-order valence-corrected chi connectivity index (χ1v) is 7.09. The Morgan fingerprint density at radius 3 is 2.47 bits per heavy atom. The number of nitrogens with two attached hydrogens (primary N) is 1. The number of rotatable bonds is 4. The molecule has 0 fully saturated rings. The Morgan fingerprint density at radius 2 is 1.89 bits per heavy atom. The van der Waals surface area contributed by atoms with Crippen molar-refractivity contribution in [2.75, 3.05) is 0 Å². The predicted octanol–water partition coefficient (Wildman–Crippen LogP) is 4.22. The van der Waals surface area contributed by atoms with Crippen LogP contribution in [0, 0.1) is 0 Å². The summed E-state index contributed by atoms with van der Waals surface area (Å²) in [6, 6.07) is 15.7. The number of thiocarbonyl (C=S) groups is 1. The first-order chi connectivity index (χ1) is 9.08. The van der Waals surface area contributed by atoms with E-state index < -0.39 is 0 Å². The molecule has 0 saturated heterocycles. The van der Waals surface area contributed by atoms with Gasteiger partial charge in [-0.05, 0) is 46.6 Å². The highest BCUT2D eigenvalue weighted by atomic mass is 79.9. The molecule has 0 spiro atoms. The summed E-state index contributed by atoms with van der Waals surface area (Å²) in [6.45, 7) is 2.02. The highest BCUT2D eigenvalue weighted by Gasteiger charge is 2.10. The Bertz CT molecular complexity index is 586. The van der Waals surface area contributed by atoms with Gasteiger partial charge in [-0.3, -0.25) is 0 Å². The summed E-state index contributed by atoms with van der Waals surface area (Å²) in [5, 5.41) is 0. The molecular formula is C15H14BrNOS. The van der Waals surface area contributed by atoms with Crippen LogP contribution in [0.25, 0.3) is 0 Å². The molecule has 0 aliphatic heterocycles. The summed E-state index contributed by atoms with van der Waals surface area (Å²) in [6.07, 6.45) is -0.0202. The van der Waals surface area contributed by atoms with Crippen LogP contribution in [-0.4, -0.2) is 4.99 Å². The minimum atomic E-state index is -0.0202. The maximum absolute atomic E-state index is 5.93. The molecule has 98 valence electrons. The van der Waals surface area contributed by atoms with Crippen molar-refractivity contribution in [1.29, 1.82) is 0 Å². The Hall–Kier alpha value is -1.39. The first kappa shape index (κ1) is 14.0. The molecule has 0 bridgehead atoms. The number of halogens is 1. The Labute approximate surface area is 126 Å². The average Bonchev–Trinajstić information content (AvgIpc) is 2.41. The molecule has 0 heterocycles. The molecule has 19 heavy (non-hydrogen) atoms. The van der Waals surface area contributed by atoms with Crippen molar-refractivity contribution < 1.29 is 4.74 Å². The van der Waals surface area contributed by atoms with E-state index in [1.54, 1.807) is 0 Å². The minimum Gasteiger partial charge on any atom is -0.485 e. The van der Waals surface area contributed by atoms with Crippen molar-refractivity contribution >= 4 is 33.1 Å². The second kappa shape index (κ2) is 6.17. The van der Waals surface area contributed by atoms with E-state index in [4.69, 9.17) is 22.7 Å². The molecule has 2 nitrogen and oxygen atoms in total. The maximum Gasteiger partial charge on any atom is 0.134 e. The lowest BCUT2D eigenvalue weighted by Crippen LogP contribution is -2.09. The van der Waals surface area contributed by atoms with Crippen LogP contribution in [0.2, 0.25) is 0 Å². The number of hydrogen-bond donors (Lipinski definition) is 1. The van der Waals surface area contributed by atoms with Gasteiger partial charge in [0.1, 0.15) is 16.8 Å². The van der Waals surface area contributed by atoms with Gasteiger partial charge in [-0.1, -0.05) is 42.5 Å². The van der Waals surface area contributed by atoms with Crippen LogP contribution in [-0.2, 0) is 0 Å². The maximum atomic E-state index is 5.93. The van der Waals surface area contributed by atoms with Crippen LogP contribution in [0.1, 0.15) is 24.2 Å². The summed E-state index contributed by atoms with van der Waals surface area (Å²) in [5.41, 5.74) is 7.55. The van der Waals surface area contributed by atoms with Gasteiger partial charge in [-0.15, -0.1) is 0 Å². The largest absolute Gasteiger partial charge is 0.485 e. The van der Waals surface area contributed by atoms with Crippen molar-refractivity contribution in [3.05, 3.63) is 64.1 Å². The van der Waals surface area contributed by atoms with Gasteiger partial charge in [-0.25, -0.2) is 0 Å². The van der Waals surface area contributed by atoms with E-state index in [0.29, 0.717) is 4.99 Å². The van der Waals surface area contributed by atoms with Crippen LogP contribution in [0.3, 0.4) is 0 Å². The van der Waals surface area contributed by atoms with Gasteiger partial charge in [-0.2, -0.15) is 0 Å². The summed E-state index contributed by atoms with van der Waals surface area (Å²) in [4.78, 5) is 0.378. The van der Waals surface area contributed by atoms with Gasteiger partial charge in [0, 0.05) is 5.56 Å². The summed E-state index contributed by atoms with van der Waals surface area (Å²) < 4.78 is 6.78. The fourth-order valence-corrected chi connectivity index (χ4v) is 2.33. The summed E-state index contributed by atoms with van der Waals surface area (Å²) in [7, 11) is 0. The Kier molecular flexibility index (Phi) is 4.56. The normalized spacial score (nSPS) is 11.9. The van der Waals surface area contributed by atoms with E-state index >= 15 is 0 Å². The van der Waals surface area contributed by atoms with Gasteiger partial charge in [0.2, 0.25) is 0 Å². The molecule has 2 aromatic rings. The number of benzene rings is 2. The zero-order valence-corrected chi connectivity index (χ0v) is 12.9. The number of ether oxygens (including phenoxy) is 1. The van der Waals surface area contributed by atoms with Gasteiger partial charge in [0.25, 0.3) is 0 Å². The van der Waals surface area contributed by atoms with E-state index in [0.717, 1.165) is 21.3 Å². The zero-order chi connectivity index (χ0) is 13.8. The third kappa shape index (κ3) is 3.55. The van der Waals surface area contributed by atoms with Gasteiger partial charge >= 0.3 is 0 Å². The lowest BCUT2D eigenvalue weighted by atomic mass is 10.1. The van der Waals surface area contributed by atoms with Crippen molar-refractivity contribution in [2.24, 2.45) is 5.73 Å². The fraction of sp³-hybridized carbons (Fsp3) is 0.133. The van der Waals surface area contributed by atoms with Crippen LogP contribution in [0.15, 0.2) is 53.0 Å². The minimum absolute atomic E-state index is 0.0202. The van der Waals surface area contributed by atoms with Crippen molar-refractivity contribution in [3.8, 4) is 5.75 Å². The molecule has 2 aromatic carbocycles. The van der Waals surface area contributed by atoms with E-state index in [-0.39, 0.29) is 6.10 Å². The smallest absolute Gasteiger partial charge is 0.134 e. The number of hydrogen-bond acceptors (Lipinski definition) is 2. The average molecular weight is 336 g/mol. The third-order valence-corrected chi connectivity index (χ3v) is 3.64. The lowest BCUT2D eigenvalue weighted by molar-refractivity contribution is 0.225. The van der Waals surface area contributed by atoms with E-state index in [1.807, 2.05) is 55.5 Å². The molecule has 1 unspecified atom stereocenters. The molecule has 0 aliphatic rings. The van der Waals surface area contributed by atoms with E-state index in [1.165, 1.54) is 0 Å². The SMILES string of the molecule is CC(Oc1ccc(C(N)=S)cc1Br)c1ccccc1. The van der Waals surface area contributed by atoms with Gasteiger partial charge in [0.05, 0.1) is 4.47 Å². The lowest BCUT2D eigenvalue weighted by Gasteiger charge is -2.16. The molecule has 2 N–H and O–H groups in total. The first-order valence-electron chi connectivity index (χ1n) is 5.89. The quantitative estimate of drug-likeness (QED) is 0.849.